The van der Waals surface area contributed by atoms with Gasteiger partial charge in [0, 0.05) is 22.3 Å². The third-order valence-corrected chi connectivity index (χ3v) is 3.54. The van der Waals surface area contributed by atoms with Gasteiger partial charge in [0.15, 0.2) is 0 Å². The third kappa shape index (κ3) is 4.82. The van der Waals surface area contributed by atoms with Gasteiger partial charge in [-0.05, 0) is 29.8 Å². The highest BCUT2D eigenvalue weighted by Gasteiger charge is 2.38. The summed E-state index contributed by atoms with van der Waals surface area (Å²) in [5.41, 5.74) is 1.07. The molecule has 0 fully saturated rings. The van der Waals surface area contributed by atoms with Crippen molar-refractivity contribution in [1.29, 1.82) is 0 Å². The summed E-state index contributed by atoms with van der Waals surface area (Å²) in [7, 11) is 0. The number of nitrogens with one attached hydrogen (secondary N) is 2. The predicted molar refractivity (Wildman–Crippen MR) is 86.4 cm³/mol. The number of halogens is 4. The van der Waals surface area contributed by atoms with Crippen LogP contribution in [-0.4, -0.2) is 18.0 Å². The fourth-order valence-electron chi connectivity index (χ4n) is 1.90. The topological polar surface area (TPSA) is 58.2 Å². The Labute approximate surface area is 144 Å². The molecule has 0 bridgehead atoms. The lowest BCUT2D eigenvalue weighted by atomic mass is 10.1. The summed E-state index contributed by atoms with van der Waals surface area (Å²) in [6.07, 6.45) is -4.95. The number of amides is 2. The normalized spacial score (nSPS) is 11.0. The van der Waals surface area contributed by atoms with Crippen molar-refractivity contribution in [3.8, 4) is 0 Å². The number of rotatable bonds is 4. The van der Waals surface area contributed by atoms with Gasteiger partial charge in [-0.25, -0.2) is 0 Å². The molecule has 0 saturated carbocycles. The van der Waals surface area contributed by atoms with E-state index in [4.69, 9.17) is 0 Å². The van der Waals surface area contributed by atoms with Gasteiger partial charge in [0.2, 0.25) is 0 Å². The average molecular weight is 401 g/mol. The summed E-state index contributed by atoms with van der Waals surface area (Å²) in [5, 5.41) is 4.40. The summed E-state index contributed by atoms with van der Waals surface area (Å²) in [6.45, 7) is -0.354. The number of para-hydroxylation sites is 1. The van der Waals surface area contributed by atoms with E-state index in [2.05, 4.69) is 21.2 Å². The van der Waals surface area contributed by atoms with E-state index >= 15 is 0 Å². The highest BCUT2D eigenvalue weighted by molar-refractivity contribution is 9.10. The van der Waals surface area contributed by atoms with E-state index in [1.54, 1.807) is 47.8 Å². The lowest BCUT2D eigenvalue weighted by molar-refractivity contribution is -0.173. The molecule has 2 aromatic carbocycles. The van der Waals surface area contributed by atoms with E-state index in [0.29, 0.717) is 16.8 Å². The van der Waals surface area contributed by atoms with Crippen molar-refractivity contribution in [3.63, 3.8) is 0 Å². The molecule has 2 amide bonds. The van der Waals surface area contributed by atoms with Crippen LogP contribution in [0.15, 0.2) is 53.0 Å². The maximum atomic E-state index is 12.2. The molecule has 126 valence electrons. The van der Waals surface area contributed by atoms with Gasteiger partial charge in [-0.2, -0.15) is 13.2 Å². The fraction of sp³-hybridized carbons (Fsp3) is 0.125. The first-order valence-electron chi connectivity index (χ1n) is 6.77. The molecule has 8 heteroatoms. The maximum Gasteiger partial charge on any atom is 0.471 e. The Morgan fingerprint density at radius 3 is 2.42 bits per heavy atom. The number of carbonyl (C=O) groups excluding carboxylic acids is 2. The molecule has 0 saturated heterocycles. The summed E-state index contributed by atoms with van der Waals surface area (Å²) in [5.74, 6) is -2.44. The predicted octanol–water partition coefficient (Wildman–Crippen LogP) is 3.88. The van der Waals surface area contributed by atoms with Crippen molar-refractivity contribution in [2.45, 2.75) is 12.7 Å². The molecule has 0 aliphatic carbocycles. The SMILES string of the molecule is O=C(Nc1ccccc1CNC(=O)C(F)(F)F)c1cccc(Br)c1. The first-order valence-corrected chi connectivity index (χ1v) is 7.56. The highest BCUT2D eigenvalue weighted by Crippen LogP contribution is 2.19. The largest absolute Gasteiger partial charge is 0.471 e. The van der Waals surface area contributed by atoms with Crippen LogP contribution in [0.25, 0.3) is 0 Å². The summed E-state index contributed by atoms with van der Waals surface area (Å²) in [4.78, 5) is 23.1. The van der Waals surface area contributed by atoms with Crippen LogP contribution in [0.5, 0.6) is 0 Å². The zero-order valence-electron chi connectivity index (χ0n) is 12.2. The van der Waals surface area contributed by atoms with E-state index in [1.807, 2.05) is 0 Å². The van der Waals surface area contributed by atoms with E-state index < -0.39 is 18.0 Å². The molecule has 0 aliphatic heterocycles. The standard InChI is InChI=1S/C16H12BrF3N2O2/c17-12-6-3-5-10(8-12)14(23)22-13-7-2-1-4-11(13)9-21-15(24)16(18,19)20/h1-8H,9H2,(H,21,24)(H,22,23). The summed E-state index contributed by atoms with van der Waals surface area (Å²) in [6, 6.07) is 13.0. The number of hydrogen-bond donors (Lipinski definition) is 2. The van der Waals surface area contributed by atoms with Gasteiger partial charge < -0.3 is 10.6 Å². The van der Waals surface area contributed by atoms with Crippen LogP contribution in [0, 0.1) is 0 Å². The number of alkyl halides is 3. The third-order valence-electron chi connectivity index (χ3n) is 3.05. The van der Waals surface area contributed by atoms with Crippen molar-refractivity contribution in [1.82, 2.24) is 5.32 Å². The molecule has 4 nitrogen and oxygen atoms in total. The van der Waals surface area contributed by atoms with Crippen LogP contribution in [0.4, 0.5) is 18.9 Å². The number of hydrogen-bond acceptors (Lipinski definition) is 2. The van der Waals surface area contributed by atoms with Gasteiger partial charge in [0.1, 0.15) is 0 Å². The molecule has 0 spiro atoms. The Balaban J connectivity index is 2.11. The van der Waals surface area contributed by atoms with Gasteiger partial charge in [-0.15, -0.1) is 0 Å². The summed E-state index contributed by atoms with van der Waals surface area (Å²) >= 11 is 3.26. The van der Waals surface area contributed by atoms with Crippen molar-refractivity contribution in [2.75, 3.05) is 5.32 Å². The molecule has 0 atom stereocenters. The Kier molecular flexibility index (Phi) is 5.61. The number of anilines is 1. The first kappa shape index (κ1) is 18.0. The molecule has 2 aromatic rings. The quantitative estimate of drug-likeness (QED) is 0.817. The molecule has 2 N–H and O–H groups in total. The molecular weight excluding hydrogens is 389 g/mol. The minimum atomic E-state index is -4.95. The number of carbonyl (C=O) groups is 2. The molecule has 0 unspecified atom stereocenters. The van der Waals surface area contributed by atoms with Gasteiger partial charge >= 0.3 is 12.1 Å². The Morgan fingerprint density at radius 2 is 1.75 bits per heavy atom. The highest BCUT2D eigenvalue weighted by atomic mass is 79.9. The van der Waals surface area contributed by atoms with E-state index in [1.165, 1.54) is 6.07 Å². The van der Waals surface area contributed by atoms with Crippen molar-refractivity contribution in [3.05, 3.63) is 64.1 Å². The van der Waals surface area contributed by atoms with Gasteiger partial charge in [-0.3, -0.25) is 9.59 Å². The fourth-order valence-corrected chi connectivity index (χ4v) is 2.30. The lowest BCUT2D eigenvalue weighted by Gasteiger charge is -2.13. The first-order chi connectivity index (χ1) is 11.3. The second-order valence-corrected chi connectivity index (χ2v) is 5.72. The molecule has 0 aliphatic rings. The van der Waals surface area contributed by atoms with Crippen LogP contribution >= 0.6 is 15.9 Å². The smallest absolute Gasteiger partial charge is 0.344 e. The van der Waals surface area contributed by atoms with Crippen molar-refractivity contribution >= 4 is 33.4 Å². The van der Waals surface area contributed by atoms with Gasteiger partial charge in [0.05, 0.1) is 0 Å². The zero-order valence-corrected chi connectivity index (χ0v) is 13.7. The molecule has 2 rings (SSSR count). The number of benzene rings is 2. The van der Waals surface area contributed by atoms with E-state index in [-0.39, 0.29) is 6.54 Å². The van der Waals surface area contributed by atoms with Gasteiger partial charge in [0.25, 0.3) is 5.91 Å². The van der Waals surface area contributed by atoms with Crippen LogP contribution in [-0.2, 0) is 11.3 Å². The minimum Gasteiger partial charge on any atom is -0.344 e. The van der Waals surface area contributed by atoms with Crippen LogP contribution < -0.4 is 10.6 Å². The molecule has 0 radical (unpaired) electrons. The van der Waals surface area contributed by atoms with Gasteiger partial charge in [-0.1, -0.05) is 40.2 Å². The zero-order chi connectivity index (χ0) is 17.7. The monoisotopic (exact) mass is 400 g/mol. The Bertz CT molecular complexity index is 763. The molecule has 0 heterocycles. The Morgan fingerprint density at radius 1 is 1.04 bits per heavy atom. The second-order valence-electron chi connectivity index (χ2n) is 4.80. The lowest BCUT2D eigenvalue weighted by Crippen LogP contribution is -2.36. The summed E-state index contributed by atoms with van der Waals surface area (Å²) < 4.78 is 37.4. The Hall–Kier alpha value is -2.35. The minimum absolute atomic E-state index is 0.324. The molecule has 24 heavy (non-hydrogen) atoms. The van der Waals surface area contributed by atoms with E-state index in [0.717, 1.165) is 4.47 Å². The van der Waals surface area contributed by atoms with Crippen LogP contribution in [0.1, 0.15) is 15.9 Å². The van der Waals surface area contributed by atoms with Crippen molar-refractivity contribution in [2.24, 2.45) is 0 Å². The molecule has 0 aromatic heterocycles. The van der Waals surface area contributed by atoms with Crippen molar-refractivity contribution < 1.29 is 22.8 Å². The second kappa shape index (κ2) is 7.48. The van der Waals surface area contributed by atoms with Crippen LogP contribution in [0.3, 0.4) is 0 Å². The molecular formula is C16H12BrF3N2O2. The van der Waals surface area contributed by atoms with Crippen LogP contribution in [0.2, 0.25) is 0 Å². The van der Waals surface area contributed by atoms with E-state index in [9.17, 15) is 22.8 Å². The average Bonchev–Trinajstić information content (AvgIpc) is 2.52. The maximum absolute atomic E-state index is 12.2.